The standard InChI is InChI=1S/C8H6BrClN2/c9-7-1-6(4-12)8(10)2-5(7)3-11/h1-2H,4,12H2. The average molecular weight is 246 g/mol. The first-order valence-corrected chi connectivity index (χ1v) is 4.44. The van der Waals surface area contributed by atoms with Crippen LogP contribution < -0.4 is 5.73 Å². The minimum absolute atomic E-state index is 0.378. The molecule has 0 spiro atoms. The van der Waals surface area contributed by atoms with Gasteiger partial charge in [0.1, 0.15) is 6.07 Å². The third-order valence-electron chi connectivity index (χ3n) is 1.48. The summed E-state index contributed by atoms with van der Waals surface area (Å²) in [6.45, 7) is 0.378. The van der Waals surface area contributed by atoms with Crippen LogP contribution in [-0.4, -0.2) is 0 Å². The number of halogens is 2. The first kappa shape index (κ1) is 9.53. The van der Waals surface area contributed by atoms with Crippen molar-refractivity contribution in [2.75, 3.05) is 0 Å². The Balaban J connectivity index is 3.28. The Labute approximate surface area is 84.1 Å². The maximum Gasteiger partial charge on any atom is 0.100 e. The topological polar surface area (TPSA) is 49.8 Å². The fraction of sp³-hybridized carbons (Fsp3) is 0.125. The monoisotopic (exact) mass is 244 g/mol. The predicted molar refractivity (Wildman–Crippen MR) is 51.8 cm³/mol. The summed E-state index contributed by atoms with van der Waals surface area (Å²) in [5.74, 6) is 0. The molecule has 62 valence electrons. The van der Waals surface area contributed by atoms with Gasteiger partial charge in [0.05, 0.1) is 5.56 Å². The lowest BCUT2D eigenvalue weighted by Crippen LogP contribution is -1.97. The van der Waals surface area contributed by atoms with E-state index in [0.29, 0.717) is 17.1 Å². The van der Waals surface area contributed by atoms with Crippen molar-refractivity contribution >= 4 is 27.5 Å². The highest BCUT2D eigenvalue weighted by molar-refractivity contribution is 9.10. The van der Waals surface area contributed by atoms with Crippen LogP contribution in [0.2, 0.25) is 5.02 Å². The molecule has 0 aliphatic heterocycles. The zero-order chi connectivity index (χ0) is 9.14. The van der Waals surface area contributed by atoms with Crippen molar-refractivity contribution < 1.29 is 0 Å². The molecule has 0 aliphatic rings. The molecule has 0 saturated carbocycles. The predicted octanol–water partition coefficient (Wildman–Crippen LogP) is 2.43. The van der Waals surface area contributed by atoms with E-state index in [9.17, 15) is 0 Å². The quantitative estimate of drug-likeness (QED) is 0.826. The Kier molecular flexibility index (Phi) is 3.10. The Morgan fingerprint density at radius 2 is 2.25 bits per heavy atom. The summed E-state index contributed by atoms with van der Waals surface area (Å²) in [6, 6.07) is 5.39. The lowest BCUT2D eigenvalue weighted by Gasteiger charge is -2.02. The Morgan fingerprint density at radius 1 is 1.58 bits per heavy atom. The van der Waals surface area contributed by atoms with Crippen LogP contribution >= 0.6 is 27.5 Å². The lowest BCUT2D eigenvalue weighted by atomic mass is 10.1. The van der Waals surface area contributed by atoms with E-state index in [2.05, 4.69) is 15.9 Å². The molecule has 0 aliphatic carbocycles. The van der Waals surface area contributed by atoms with Crippen molar-refractivity contribution in [2.24, 2.45) is 5.73 Å². The van der Waals surface area contributed by atoms with Gasteiger partial charge in [-0.3, -0.25) is 0 Å². The van der Waals surface area contributed by atoms with Gasteiger partial charge in [0.2, 0.25) is 0 Å². The highest BCUT2D eigenvalue weighted by atomic mass is 79.9. The van der Waals surface area contributed by atoms with E-state index >= 15 is 0 Å². The Morgan fingerprint density at radius 3 is 2.75 bits per heavy atom. The summed E-state index contributed by atoms with van der Waals surface area (Å²) in [6.07, 6.45) is 0. The van der Waals surface area contributed by atoms with Crippen molar-refractivity contribution in [3.05, 3.63) is 32.8 Å². The Hall–Kier alpha value is -0.560. The maximum absolute atomic E-state index is 8.64. The molecule has 0 saturated heterocycles. The van der Waals surface area contributed by atoms with Gasteiger partial charge in [-0.25, -0.2) is 0 Å². The third-order valence-corrected chi connectivity index (χ3v) is 2.48. The zero-order valence-corrected chi connectivity index (χ0v) is 8.48. The zero-order valence-electron chi connectivity index (χ0n) is 6.14. The third kappa shape index (κ3) is 1.78. The van der Waals surface area contributed by atoms with Gasteiger partial charge in [0.15, 0.2) is 0 Å². The van der Waals surface area contributed by atoms with Crippen LogP contribution in [0.15, 0.2) is 16.6 Å². The largest absolute Gasteiger partial charge is 0.326 e. The molecule has 12 heavy (non-hydrogen) atoms. The second kappa shape index (κ2) is 3.90. The summed E-state index contributed by atoms with van der Waals surface area (Å²) < 4.78 is 0.731. The van der Waals surface area contributed by atoms with Gasteiger partial charge >= 0.3 is 0 Å². The molecule has 0 unspecified atom stereocenters. The van der Waals surface area contributed by atoms with E-state index in [0.717, 1.165) is 10.0 Å². The fourth-order valence-corrected chi connectivity index (χ4v) is 1.55. The smallest absolute Gasteiger partial charge is 0.100 e. The van der Waals surface area contributed by atoms with E-state index in [4.69, 9.17) is 22.6 Å². The SMILES string of the molecule is N#Cc1cc(Cl)c(CN)cc1Br. The fourth-order valence-electron chi connectivity index (χ4n) is 0.830. The summed E-state index contributed by atoms with van der Waals surface area (Å²) in [5, 5.41) is 9.18. The minimum atomic E-state index is 0.378. The molecule has 0 aromatic heterocycles. The van der Waals surface area contributed by atoms with Crippen LogP contribution in [0.5, 0.6) is 0 Å². The minimum Gasteiger partial charge on any atom is -0.326 e. The number of hydrogen-bond donors (Lipinski definition) is 1. The molecule has 2 N–H and O–H groups in total. The van der Waals surface area contributed by atoms with Crippen molar-refractivity contribution in [1.29, 1.82) is 5.26 Å². The molecule has 1 aromatic rings. The molecular weight excluding hydrogens is 239 g/mol. The first-order chi connectivity index (χ1) is 5.69. The second-order valence-corrected chi connectivity index (χ2v) is 3.50. The van der Waals surface area contributed by atoms with Crippen LogP contribution in [0, 0.1) is 11.3 Å². The van der Waals surface area contributed by atoms with Gasteiger partial charge in [-0.1, -0.05) is 11.6 Å². The van der Waals surface area contributed by atoms with Crippen LogP contribution in [0.25, 0.3) is 0 Å². The molecule has 0 heterocycles. The van der Waals surface area contributed by atoms with Gasteiger partial charge in [0.25, 0.3) is 0 Å². The van der Waals surface area contributed by atoms with Crippen molar-refractivity contribution in [2.45, 2.75) is 6.54 Å². The molecule has 2 nitrogen and oxygen atoms in total. The Bertz CT molecular complexity index is 343. The highest BCUT2D eigenvalue weighted by Gasteiger charge is 2.04. The molecule has 1 rings (SSSR count). The maximum atomic E-state index is 8.64. The summed E-state index contributed by atoms with van der Waals surface area (Å²) in [5.41, 5.74) is 6.78. The average Bonchev–Trinajstić information content (AvgIpc) is 2.08. The molecule has 0 fully saturated rings. The second-order valence-electron chi connectivity index (χ2n) is 2.24. The number of nitrogens with two attached hydrogens (primary N) is 1. The van der Waals surface area contributed by atoms with Gasteiger partial charge in [0, 0.05) is 16.0 Å². The highest BCUT2D eigenvalue weighted by Crippen LogP contribution is 2.24. The van der Waals surface area contributed by atoms with Gasteiger partial charge in [-0.05, 0) is 33.6 Å². The number of benzene rings is 1. The molecule has 4 heteroatoms. The summed E-state index contributed by atoms with van der Waals surface area (Å²) in [4.78, 5) is 0. The number of nitriles is 1. The number of rotatable bonds is 1. The van der Waals surface area contributed by atoms with E-state index in [-0.39, 0.29) is 0 Å². The summed E-state index contributed by atoms with van der Waals surface area (Å²) in [7, 11) is 0. The molecule has 0 bridgehead atoms. The molecule has 1 aromatic carbocycles. The summed E-state index contributed by atoms with van der Waals surface area (Å²) >= 11 is 9.07. The normalized spacial score (nSPS) is 9.50. The van der Waals surface area contributed by atoms with Crippen LogP contribution in [0.3, 0.4) is 0 Å². The van der Waals surface area contributed by atoms with E-state index < -0.39 is 0 Å². The van der Waals surface area contributed by atoms with E-state index in [1.54, 1.807) is 12.1 Å². The van der Waals surface area contributed by atoms with Crippen molar-refractivity contribution in [1.82, 2.24) is 0 Å². The van der Waals surface area contributed by atoms with E-state index in [1.165, 1.54) is 0 Å². The van der Waals surface area contributed by atoms with Gasteiger partial charge < -0.3 is 5.73 Å². The van der Waals surface area contributed by atoms with Gasteiger partial charge in [-0.15, -0.1) is 0 Å². The first-order valence-electron chi connectivity index (χ1n) is 3.27. The number of nitrogens with zero attached hydrogens (tertiary/aromatic N) is 1. The molecular formula is C8H6BrClN2. The van der Waals surface area contributed by atoms with Crippen molar-refractivity contribution in [3.8, 4) is 6.07 Å². The molecule has 0 atom stereocenters. The molecule has 0 amide bonds. The van der Waals surface area contributed by atoms with Crippen LogP contribution in [-0.2, 0) is 6.54 Å². The van der Waals surface area contributed by atoms with Crippen LogP contribution in [0.4, 0.5) is 0 Å². The van der Waals surface area contributed by atoms with E-state index in [1.807, 2.05) is 6.07 Å². The van der Waals surface area contributed by atoms with Gasteiger partial charge in [-0.2, -0.15) is 5.26 Å². The lowest BCUT2D eigenvalue weighted by molar-refractivity contribution is 1.07. The molecule has 0 radical (unpaired) electrons. The van der Waals surface area contributed by atoms with Crippen LogP contribution in [0.1, 0.15) is 11.1 Å². The van der Waals surface area contributed by atoms with Crippen molar-refractivity contribution in [3.63, 3.8) is 0 Å². The number of hydrogen-bond acceptors (Lipinski definition) is 2.